The molecule has 1 fully saturated rings. The summed E-state index contributed by atoms with van der Waals surface area (Å²) in [5.41, 5.74) is 4.96. The molecule has 162 valence electrons. The highest BCUT2D eigenvalue weighted by atomic mass is 19.4. The molecule has 0 amide bonds. The number of hydrogen-bond donors (Lipinski definition) is 1. The van der Waals surface area contributed by atoms with Gasteiger partial charge >= 0.3 is 12.1 Å². The lowest BCUT2D eigenvalue weighted by atomic mass is 9.96. The summed E-state index contributed by atoms with van der Waals surface area (Å²) < 4.78 is 37.3. The van der Waals surface area contributed by atoms with Gasteiger partial charge in [-0.05, 0) is 30.5 Å². The van der Waals surface area contributed by atoms with Crippen molar-refractivity contribution in [1.82, 2.24) is 19.9 Å². The Kier molecular flexibility index (Phi) is 7.33. The van der Waals surface area contributed by atoms with Gasteiger partial charge in [-0.15, -0.1) is 0 Å². The van der Waals surface area contributed by atoms with Gasteiger partial charge in [0.05, 0.1) is 18.0 Å². The van der Waals surface area contributed by atoms with Crippen LogP contribution in [0.5, 0.6) is 0 Å². The van der Waals surface area contributed by atoms with Gasteiger partial charge in [0, 0.05) is 50.5 Å². The summed E-state index contributed by atoms with van der Waals surface area (Å²) in [4.78, 5) is 25.0. The Morgan fingerprint density at radius 2 is 1.97 bits per heavy atom. The van der Waals surface area contributed by atoms with E-state index in [0.29, 0.717) is 5.92 Å². The quantitative estimate of drug-likeness (QED) is 0.810. The van der Waals surface area contributed by atoms with Crippen molar-refractivity contribution in [2.45, 2.75) is 37.9 Å². The molecule has 0 bridgehead atoms. The molecule has 7 nitrogen and oxygen atoms in total. The van der Waals surface area contributed by atoms with Gasteiger partial charge in [-0.3, -0.25) is 9.88 Å². The van der Waals surface area contributed by atoms with E-state index in [-0.39, 0.29) is 0 Å². The van der Waals surface area contributed by atoms with Crippen molar-refractivity contribution in [3.63, 3.8) is 0 Å². The molecule has 10 heteroatoms. The number of carboxylic acid groups (broad SMARTS) is 1. The van der Waals surface area contributed by atoms with Gasteiger partial charge in [0.25, 0.3) is 0 Å². The van der Waals surface area contributed by atoms with Crippen LogP contribution in [-0.2, 0) is 28.9 Å². The van der Waals surface area contributed by atoms with Crippen molar-refractivity contribution in [2.75, 3.05) is 26.3 Å². The highest BCUT2D eigenvalue weighted by Gasteiger charge is 2.38. The SMILES string of the molecule is O=C(O)C(F)(F)F.c1ccc(CN2CCc3ncnc(C4CCOC4)c3CC2)nc1. The maximum absolute atomic E-state index is 10.6. The highest BCUT2D eigenvalue weighted by Crippen LogP contribution is 2.29. The van der Waals surface area contributed by atoms with E-state index in [2.05, 4.69) is 32.0 Å². The van der Waals surface area contributed by atoms with E-state index in [1.807, 2.05) is 12.3 Å². The molecule has 4 heterocycles. The van der Waals surface area contributed by atoms with Gasteiger partial charge in [-0.2, -0.15) is 13.2 Å². The summed E-state index contributed by atoms with van der Waals surface area (Å²) in [6.45, 7) is 4.64. The largest absolute Gasteiger partial charge is 0.490 e. The number of carbonyl (C=O) groups is 1. The van der Waals surface area contributed by atoms with E-state index >= 15 is 0 Å². The van der Waals surface area contributed by atoms with Gasteiger partial charge in [0.15, 0.2) is 0 Å². The first-order chi connectivity index (χ1) is 14.3. The van der Waals surface area contributed by atoms with E-state index in [9.17, 15) is 13.2 Å². The lowest BCUT2D eigenvalue weighted by Gasteiger charge is -2.19. The highest BCUT2D eigenvalue weighted by molar-refractivity contribution is 5.73. The maximum Gasteiger partial charge on any atom is 0.490 e. The number of pyridine rings is 1. The summed E-state index contributed by atoms with van der Waals surface area (Å²) >= 11 is 0. The first-order valence-corrected chi connectivity index (χ1v) is 9.67. The molecular formula is C20H23F3N4O3. The van der Waals surface area contributed by atoms with Crippen LogP contribution in [0.4, 0.5) is 13.2 Å². The molecule has 2 aromatic rings. The zero-order valence-electron chi connectivity index (χ0n) is 16.3. The number of nitrogens with zero attached hydrogens (tertiary/aromatic N) is 4. The van der Waals surface area contributed by atoms with Crippen molar-refractivity contribution in [3.05, 3.63) is 53.4 Å². The Morgan fingerprint density at radius 3 is 2.60 bits per heavy atom. The number of fused-ring (bicyclic) bond motifs is 1. The minimum Gasteiger partial charge on any atom is -0.475 e. The molecule has 2 aromatic heterocycles. The molecule has 2 aliphatic rings. The van der Waals surface area contributed by atoms with Crippen molar-refractivity contribution < 1.29 is 27.8 Å². The van der Waals surface area contributed by atoms with Crippen LogP contribution in [0.15, 0.2) is 30.7 Å². The Labute approximate surface area is 171 Å². The molecule has 30 heavy (non-hydrogen) atoms. The molecule has 1 N–H and O–H groups in total. The maximum atomic E-state index is 10.6. The van der Waals surface area contributed by atoms with Crippen molar-refractivity contribution >= 4 is 5.97 Å². The van der Waals surface area contributed by atoms with Crippen LogP contribution in [0, 0.1) is 0 Å². The minimum atomic E-state index is -5.08. The second kappa shape index (κ2) is 9.94. The lowest BCUT2D eigenvalue weighted by Crippen LogP contribution is -2.26. The summed E-state index contributed by atoms with van der Waals surface area (Å²) in [5.74, 6) is -2.30. The van der Waals surface area contributed by atoms with Crippen LogP contribution in [0.3, 0.4) is 0 Å². The van der Waals surface area contributed by atoms with E-state index in [1.165, 1.54) is 17.0 Å². The third-order valence-corrected chi connectivity index (χ3v) is 5.08. The second-order valence-corrected chi connectivity index (χ2v) is 7.14. The first-order valence-electron chi connectivity index (χ1n) is 9.67. The van der Waals surface area contributed by atoms with Gasteiger partial charge in [0.2, 0.25) is 0 Å². The van der Waals surface area contributed by atoms with E-state index in [1.54, 1.807) is 6.33 Å². The Bertz CT molecular complexity index is 843. The standard InChI is InChI=1S/C18H22N4O.C2HF3O2/c1-2-7-19-15(3-1)11-22-8-4-16-17(5-9-22)20-13-21-18(16)14-6-10-23-12-14;3-2(4,5)1(6)7/h1-3,7,13-14H,4-6,8-12H2;(H,6,7). The van der Waals surface area contributed by atoms with Gasteiger partial charge in [0.1, 0.15) is 6.33 Å². The lowest BCUT2D eigenvalue weighted by molar-refractivity contribution is -0.192. The number of rotatable bonds is 3. The average Bonchev–Trinajstić information content (AvgIpc) is 3.17. The summed E-state index contributed by atoms with van der Waals surface area (Å²) in [6, 6.07) is 6.12. The zero-order chi connectivity index (χ0) is 21.6. The van der Waals surface area contributed by atoms with Crippen LogP contribution in [-0.4, -0.2) is 63.4 Å². The van der Waals surface area contributed by atoms with Gasteiger partial charge < -0.3 is 9.84 Å². The minimum absolute atomic E-state index is 0.453. The first kappa shape index (κ1) is 22.1. The van der Waals surface area contributed by atoms with Crippen LogP contribution >= 0.6 is 0 Å². The molecular weight excluding hydrogens is 401 g/mol. The Hall–Kier alpha value is -2.59. The molecule has 0 spiro atoms. The number of alkyl halides is 3. The molecule has 0 aromatic carbocycles. The third kappa shape index (κ3) is 5.96. The number of aliphatic carboxylic acids is 1. The fraction of sp³-hybridized carbons (Fsp3) is 0.500. The van der Waals surface area contributed by atoms with E-state index in [4.69, 9.17) is 14.6 Å². The molecule has 0 aliphatic carbocycles. The predicted octanol–water partition coefficient (Wildman–Crippen LogP) is 2.61. The fourth-order valence-electron chi connectivity index (χ4n) is 3.58. The number of hydrogen-bond acceptors (Lipinski definition) is 6. The van der Waals surface area contributed by atoms with Crippen LogP contribution in [0.25, 0.3) is 0 Å². The van der Waals surface area contributed by atoms with Crippen LogP contribution in [0.1, 0.15) is 35.0 Å². The molecule has 1 unspecified atom stereocenters. The van der Waals surface area contributed by atoms with E-state index in [0.717, 1.165) is 57.8 Å². The van der Waals surface area contributed by atoms with E-state index < -0.39 is 12.1 Å². The van der Waals surface area contributed by atoms with Gasteiger partial charge in [-0.1, -0.05) is 6.07 Å². The number of halogens is 3. The zero-order valence-corrected chi connectivity index (χ0v) is 16.3. The number of ether oxygens (including phenoxy) is 1. The monoisotopic (exact) mass is 424 g/mol. The molecule has 1 atom stereocenters. The smallest absolute Gasteiger partial charge is 0.475 e. The normalized spacial score (nSPS) is 19.4. The molecule has 4 rings (SSSR count). The molecule has 0 radical (unpaired) electrons. The molecule has 1 saturated heterocycles. The number of aromatic nitrogens is 3. The van der Waals surface area contributed by atoms with Crippen LogP contribution in [0.2, 0.25) is 0 Å². The topological polar surface area (TPSA) is 88.4 Å². The third-order valence-electron chi connectivity index (χ3n) is 5.08. The summed E-state index contributed by atoms with van der Waals surface area (Å²) in [7, 11) is 0. The predicted molar refractivity (Wildman–Crippen MR) is 101 cm³/mol. The van der Waals surface area contributed by atoms with Crippen LogP contribution < -0.4 is 0 Å². The average molecular weight is 424 g/mol. The van der Waals surface area contributed by atoms with Crippen molar-refractivity contribution in [2.24, 2.45) is 0 Å². The number of carboxylic acids is 1. The van der Waals surface area contributed by atoms with Crippen molar-refractivity contribution in [1.29, 1.82) is 0 Å². The summed E-state index contributed by atoms with van der Waals surface area (Å²) in [6.07, 6.45) is 1.62. The summed E-state index contributed by atoms with van der Waals surface area (Å²) in [5, 5.41) is 7.12. The van der Waals surface area contributed by atoms with Crippen molar-refractivity contribution in [3.8, 4) is 0 Å². The molecule has 2 aliphatic heterocycles. The Balaban J connectivity index is 0.000000318. The fourth-order valence-corrected chi connectivity index (χ4v) is 3.58. The Morgan fingerprint density at radius 1 is 1.20 bits per heavy atom. The van der Waals surface area contributed by atoms with Gasteiger partial charge in [-0.25, -0.2) is 14.8 Å². The molecule has 0 saturated carbocycles. The second-order valence-electron chi connectivity index (χ2n) is 7.14.